The zero-order valence-corrected chi connectivity index (χ0v) is 16.4. The molecule has 1 saturated heterocycles. The average molecular weight is 401 g/mol. The number of nitrogens with zero attached hydrogens (tertiary/aromatic N) is 2. The normalized spacial score (nSPS) is 16.7. The predicted molar refractivity (Wildman–Crippen MR) is 106 cm³/mol. The Bertz CT molecular complexity index is 966. The Hall–Kier alpha value is -2.71. The number of piperidine rings is 1. The number of nitrogens with two attached hydrogens (primary N) is 1. The number of oxime groups is 1. The molecule has 0 bridgehead atoms. The number of hydrogen-bond acceptors (Lipinski definition) is 5. The lowest BCUT2D eigenvalue weighted by Gasteiger charge is -2.29. The molecule has 148 valence electrons. The minimum absolute atomic E-state index is 0.126. The highest BCUT2D eigenvalue weighted by Gasteiger charge is 2.33. The molecule has 1 aliphatic rings. The number of rotatable bonds is 5. The maximum Gasteiger partial charge on any atom is 0.338 e. The van der Waals surface area contributed by atoms with Gasteiger partial charge < -0.3 is 10.6 Å². The molecule has 0 aliphatic carbocycles. The summed E-state index contributed by atoms with van der Waals surface area (Å²) >= 11 is 0. The highest BCUT2D eigenvalue weighted by Crippen LogP contribution is 2.24. The summed E-state index contributed by atoms with van der Waals surface area (Å²) in [5.74, 6) is -0.773. The van der Waals surface area contributed by atoms with Crippen LogP contribution in [0.25, 0.3) is 0 Å². The largest absolute Gasteiger partial charge is 0.380 e. The highest BCUT2D eigenvalue weighted by atomic mass is 32.2. The quantitative estimate of drug-likeness (QED) is 0.358. The van der Waals surface area contributed by atoms with E-state index >= 15 is 0 Å². The molecule has 2 aromatic carbocycles. The first-order valence-electron chi connectivity index (χ1n) is 9.04. The van der Waals surface area contributed by atoms with Crippen molar-refractivity contribution in [3.05, 3.63) is 65.7 Å². The zero-order valence-electron chi connectivity index (χ0n) is 15.6. The van der Waals surface area contributed by atoms with Gasteiger partial charge in [0.1, 0.15) is 0 Å². The molecule has 2 aromatic rings. The molecule has 28 heavy (non-hydrogen) atoms. The predicted octanol–water partition coefficient (Wildman–Crippen LogP) is 2.26. The van der Waals surface area contributed by atoms with Crippen molar-refractivity contribution in [3.63, 3.8) is 0 Å². The first kappa shape index (κ1) is 20.0. The topological polar surface area (TPSA) is 102 Å². The summed E-state index contributed by atoms with van der Waals surface area (Å²) < 4.78 is 26.7. The van der Waals surface area contributed by atoms with Gasteiger partial charge in [-0.05, 0) is 38.0 Å². The molecule has 1 heterocycles. The molecule has 1 aliphatic heterocycles. The van der Waals surface area contributed by atoms with Gasteiger partial charge in [-0.15, -0.1) is 0 Å². The third-order valence-electron chi connectivity index (χ3n) is 4.72. The Kier molecular flexibility index (Phi) is 6.11. The fourth-order valence-corrected chi connectivity index (χ4v) is 4.59. The van der Waals surface area contributed by atoms with Crippen molar-refractivity contribution < 1.29 is 18.0 Å². The number of amidine groups is 1. The van der Waals surface area contributed by atoms with Crippen LogP contribution in [-0.2, 0) is 19.7 Å². The van der Waals surface area contributed by atoms with E-state index in [0.29, 0.717) is 18.4 Å². The van der Waals surface area contributed by atoms with Crippen molar-refractivity contribution in [2.24, 2.45) is 16.8 Å². The van der Waals surface area contributed by atoms with Crippen LogP contribution in [0.2, 0.25) is 0 Å². The number of benzene rings is 2. The molecule has 0 aromatic heterocycles. The first-order chi connectivity index (χ1) is 13.4. The fourth-order valence-electron chi connectivity index (χ4n) is 3.10. The lowest BCUT2D eigenvalue weighted by molar-refractivity contribution is -0.149. The van der Waals surface area contributed by atoms with E-state index in [-0.39, 0.29) is 23.8 Å². The van der Waals surface area contributed by atoms with Crippen molar-refractivity contribution in [2.75, 3.05) is 13.1 Å². The van der Waals surface area contributed by atoms with E-state index in [1.54, 1.807) is 36.4 Å². The van der Waals surface area contributed by atoms with Gasteiger partial charge in [0, 0.05) is 18.7 Å². The van der Waals surface area contributed by atoms with Crippen LogP contribution in [0.5, 0.6) is 0 Å². The van der Waals surface area contributed by atoms with E-state index in [9.17, 15) is 13.2 Å². The molecule has 3 rings (SSSR count). The Labute approximate surface area is 164 Å². The van der Waals surface area contributed by atoms with E-state index in [4.69, 9.17) is 10.6 Å². The molecule has 2 N–H and O–H groups in total. The van der Waals surface area contributed by atoms with E-state index in [1.807, 2.05) is 25.1 Å². The van der Waals surface area contributed by atoms with E-state index < -0.39 is 21.9 Å². The molecule has 0 spiro atoms. The number of hydrogen-bond donors (Lipinski definition) is 1. The molecule has 0 atom stereocenters. The van der Waals surface area contributed by atoms with Gasteiger partial charge in [-0.1, -0.05) is 47.1 Å². The minimum Gasteiger partial charge on any atom is -0.380 e. The van der Waals surface area contributed by atoms with Gasteiger partial charge in [0.2, 0.25) is 10.0 Å². The standard InChI is InChI=1S/C20H23N3O4S/c1-15-6-5-7-17(14-15)19(21)22-27-20(24)16-10-12-23(13-11-16)28(25,26)18-8-3-2-4-9-18/h2-9,14,16H,10-13H2,1H3,(H2,21,22). The summed E-state index contributed by atoms with van der Waals surface area (Å²) in [5, 5.41) is 3.74. The molecule has 1 fully saturated rings. The summed E-state index contributed by atoms with van der Waals surface area (Å²) in [6, 6.07) is 15.7. The number of carbonyl (C=O) groups is 1. The smallest absolute Gasteiger partial charge is 0.338 e. The lowest BCUT2D eigenvalue weighted by Crippen LogP contribution is -2.40. The summed E-state index contributed by atoms with van der Waals surface area (Å²) in [7, 11) is -3.54. The summed E-state index contributed by atoms with van der Waals surface area (Å²) in [6.45, 7) is 2.45. The van der Waals surface area contributed by atoms with E-state index in [2.05, 4.69) is 5.16 Å². The van der Waals surface area contributed by atoms with Crippen molar-refractivity contribution in [2.45, 2.75) is 24.7 Å². The van der Waals surface area contributed by atoms with Crippen LogP contribution in [0.15, 0.2) is 64.6 Å². The highest BCUT2D eigenvalue weighted by molar-refractivity contribution is 7.89. The molecule has 0 radical (unpaired) electrons. The first-order valence-corrected chi connectivity index (χ1v) is 10.5. The van der Waals surface area contributed by atoms with Crippen molar-refractivity contribution >= 4 is 21.8 Å². The fraction of sp³-hybridized carbons (Fsp3) is 0.300. The average Bonchev–Trinajstić information content (AvgIpc) is 2.72. The Balaban J connectivity index is 1.57. The van der Waals surface area contributed by atoms with Crippen LogP contribution in [0.4, 0.5) is 0 Å². The lowest BCUT2D eigenvalue weighted by atomic mass is 9.99. The second kappa shape index (κ2) is 8.53. The Morgan fingerprint density at radius 2 is 1.79 bits per heavy atom. The number of carbonyl (C=O) groups excluding carboxylic acids is 1. The van der Waals surface area contributed by atoms with Gasteiger partial charge >= 0.3 is 5.97 Å². The maximum absolute atomic E-state index is 12.6. The van der Waals surface area contributed by atoms with Crippen LogP contribution in [0.1, 0.15) is 24.0 Å². The Morgan fingerprint density at radius 3 is 2.43 bits per heavy atom. The summed E-state index contributed by atoms with van der Waals surface area (Å²) in [6.07, 6.45) is 0.759. The van der Waals surface area contributed by atoms with Crippen LogP contribution < -0.4 is 5.73 Å². The van der Waals surface area contributed by atoms with Gasteiger partial charge in [-0.25, -0.2) is 13.2 Å². The van der Waals surface area contributed by atoms with Gasteiger partial charge in [0.15, 0.2) is 5.84 Å². The van der Waals surface area contributed by atoms with E-state index in [0.717, 1.165) is 5.56 Å². The van der Waals surface area contributed by atoms with Gasteiger partial charge in [0.05, 0.1) is 10.8 Å². The van der Waals surface area contributed by atoms with Crippen molar-refractivity contribution in [3.8, 4) is 0 Å². The molecular weight excluding hydrogens is 378 g/mol. The van der Waals surface area contributed by atoms with Gasteiger partial charge in [-0.2, -0.15) is 4.31 Å². The second-order valence-electron chi connectivity index (χ2n) is 6.75. The van der Waals surface area contributed by atoms with Crippen LogP contribution in [0, 0.1) is 12.8 Å². The van der Waals surface area contributed by atoms with Crippen LogP contribution in [-0.4, -0.2) is 37.6 Å². The molecule has 0 amide bonds. The third kappa shape index (κ3) is 4.58. The maximum atomic E-state index is 12.6. The van der Waals surface area contributed by atoms with Crippen molar-refractivity contribution in [1.82, 2.24) is 4.31 Å². The molecule has 0 saturated carbocycles. The SMILES string of the molecule is Cc1cccc(/C(N)=N/OC(=O)C2CCN(S(=O)(=O)c3ccccc3)CC2)c1. The van der Waals surface area contributed by atoms with Crippen molar-refractivity contribution in [1.29, 1.82) is 0 Å². The zero-order chi connectivity index (χ0) is 20.1. The van der Waals surface area contributed by atoms with E-state index in [1.165, 1.54) is 4.31 Å². The number of sulfonamides is 1. The molecule has 8 heteroatoms. The minimum atomic E-state index is -3.54. The summed E-state index contributed by atoms with van der Waals surface area (Å²) in [5.41, 5.74) is 7.57. The number of aryl methyl sites for hydroxylation is 1. The Morgan fingerprint density at radius 1 is 1.11 bits per heavy atom. The van der Waals surface area contributed by atoms with Gasteiger partial charge in [0.25, 0.3) is 0 Å². The molecular formula is C20H23N3O4S. The monoisotopic (exact) mass is 401 g/mol. The van der Waals surface area contributed by atoms with Gasteiger partial charge in [-0.3, -0.25) is 0 Å². The van der Waals surface area contributed by atoms with Crippen LogP contribution in [0.3, 0.4) is 0 Å². The second-order valence-corrected chi connectivity index (χ2v) is 8.69. The van der Waals surface area contributed by atoms with Crippen LogP contribution >= 0.6 is 0 Å². The molecule has 0 unspecified atom stereocenters. The summed E-state index contributed by atoms with van der Waals surface area (Å²) in [4.78, 5) is 17.5. The molecule has 7 nitrogen and oxygen atoms in total. The third-order valence-corrected chi connectivity index (χ3v) is 6.63.